The molecule has 4 aliphatic rings. The molecule has 5 rings (SSSR count). The zero-order valence-corrected chi connectivity index (χ0v) is 12.1. The topological polar surface area (TPSA) is 21.3 Å². The van der Waals surface area contributed by atoms with Crippen LogP contribution in [-0.4, -0.2) is 12.6 Å². The smallest absolute Gasteiger partial charge is 0.122 e. The van der Waals surface area contributed by atoms with Crippen molar-refractivity contribution in [2.75, 3.05) is 6.61 Å². The number of hydrogen-bond acceptors (Lipinski definition) is 2. The van der Waals surface area contributed by atoms with Crippen molar-refractivity contribution >= 4 is 0 Å². The highest BCUT2D eigenvalue weighted by Crippen LogP contribution is 2.65. The van der Waals surface area contributed by atoms with Crippen molar-refractivity contribution in [3.8, 4) is 5.75 Å². The second kappa shape index (κ2) is 4.00. The molecule has 2 nitrogen and oxygen atoms in total. The Morgan fingerprint density at radius 2 is 2.00 bits per heavy atom. The zero-order valence-electron chi connectivity index (χ0n) is 12.1. The first-order valence-electron chi connectivity index (χ1n) is 8.33. The molecule has 0 spiro atoms. The summed E-state index contributed by atoms with van der Waals surface area (Å²) in [5.41, 5.74) is 2.83. The molecule has 1 heterocycles. The number of benzene rings is 1. The van der Waals surface area contributed by atoms with E-state index in [1.807, 2.05) is 0 Å². The molecule has 20 heavy (non-hydrogen) atoms. The Balaban J connectivity index is 1.31. The Hall–Kier alpha value is -1.02. The molecular weight excluding hydrogens is 246 g/mol. The van der Waals surface area contributed by atoms with E-state index in [-0.39, 0.29) is 0 Å². The van der Waals surface area contributed by atoms with Gasteiger partial charge in [-0.15, -0.1) is 0 Å². The number of hydrogen-bond donors (Lipinski definition) is 1. The fourth-order valence-electron chi connectivity index (χ4n) is 5.41. The van der Waals surface area contributed by atoms with Gasteiger partial charge in [0, 0.05) is 18.5 Å². The van der Waals surface area contributed by atoms with Crippen LogP contribution in [-0.2, 0) is 6.42 Å². The van der Waals surface area contributed by atoms with Gasteiger partial charge in [-0.25, -0.2) is 0 Å². The minimum atomic E-state index is 0.482. The largest absolute Gasteiger partial charge is 0.493 e. The Bertz CT molecular complexity index is 538. The molecule has 2 heteroatoms. The minimum Gasteiger partial charge on any atom is -0.493 e. The number of rotatable bonds is 3. The molecule has 5 unspecified atom stereocenters. The SMILES string of the molecule is CC(NC1C2C3CCC(C3)C12)c1ccc2c(c1)CCO2. The van der Waals surface area contributed by atoms with E-state index in [2.05, 4.69) is 30.4 Å². The summed E-state index contributed by atoms with van der Waals surface area (Å²) >= 11 is 0. The molecule has 0 aromatic heterocycles. The third-order valence-electron chi connectivity index (χ3n) is 6.39. The van der Waals surface area contributed by atoms with Crippen LogP contribution < -0.4 is 10.1 Å². The molecule has 5 atom stereocenters. The van der Waals surface area contributed by atoms with Gasteiger partial charge in [0.05, 0.1) is 6.61 Å². The molecule has 1 aromatic rings. The van der Waals surface area contributed by atoms with Crippen LogP contribution in [0, 0.1) is 23.7 Å². The molecule has 0 amide bonds. The first-order chi connectivity index (χ1) is 9.81. The highest BCUT2D eigenvalue weighted by molar-refractivity contribution is 5.40. The summed E-state index contributed by atoms with van der Waals surface area (Å²) in [6, 6.07) is 8.06. The van der Waals surface area contributed by atoms with Gasteiger partial charge in [0.25, 0.3) is 0 Å². The van der Waals surface area contributed by atoms with Gasteiger partial charge in [-0.1, -0.05) is 12.1 Å². The summed E-state index contributed by atoms with van der Waals surface area (Å²) in [5.74, 6) is 5.26. The minimum absolute atomic E-state index is 0.482. The molecular formula is C18H23NO. The average Bonchev–Trinajstić information content (AvgIpc) is 2.92. The van der Waals surface area contributed by atoms with Gasteiger partial charge in [-0.3, -0.25) is 0 Å². The molecule has 1 aromatic carbocycles. The van der Waals surface area contributed by atoms with E-state index in [1.54, 1.807) is 0 Å². The van der Waals surface area contributed by atoms with E-state index in [0.29, 0.717) is 6.04 Å². The fourth-order valence-corrected chi connectivity index (χ4v) is 5.41. The lowest BCUT2D eigenvalue weighted by molar-refractivity contribution is 0.356. The van der Waals surface area contributed by atoms with Crippen LogP contribution in [0.4, 0.5) is 0 Å². The predicted molar refractivity (Wildman–Crippen MR) is 78.8 cm³/mol. The van der Waals surface area contributed by atoms with E-state index in [4.69, 9.17) is 4.74 Å². The third-order valence-corrected chi connectivity index (χ3v) is 6.39. The van der Waals surface area contributed by atoms with E-state index in [1.165, 1.54) is 30.4 Å². The Labute approximate surface area is 120 Å². The van der Waals surface area contributed by atoms with Gasteiger partial charge in [-0.05, 0) is 67.1 Å². The molecule has 3 saturated carbocycles. The van der Waals surface area contributed by atoms with Crippen molar-refractivity contribution in [3.63, 3.8) is 0 Å². The number of ether oxygens (including phenoxy) is 1. The van der Waals surface area contributed by atoms with Crippen LogP contribution in [0.2, 0.25) is 0 Å². The van der Waals surface area contributed by atoms with Crippen LogP contribution in [0.3, 0.4) is 0 Å². The number of fused-ring (bicyclic) bond motifs is 6. The van der Waals surface area contributed by atoms with E-state index in [0.717, 1.165) is 48.5 Å². The maximum Gasteiger partial charge on any atom is 0.122 e. The predicted octanol–water partition coefficient (Wildman–Crippen LogP) is 3.32. The molecule has 3 fully saturated rings. The van der Waals surface area contributed by atoms with Gasteiger partial charge in [0.15, 0.2) is 0 Å². The lowest BCUT2D eigenvalue weighted by Crippen LogP contribution is -2.26. The summed E-state index contributed by atoms with van der Waals surface area (Å²) in [5, 5.41) is 3.92. The van der Waals surface area contributed by atoms with Crippen LogP contribution in [0.1, 0.15) is 43.4 Å². The van der Waals surface area contributed by atoms with Crippen molar-refractivity contribution in [1.29, 1.82) is 0 Å². The average molecular weight is 269 g/mol. The first kappa shape index (κ1) is 11.6. The van der Waals surface area contributed by atoms with E-state index >= 15 is 0 Å². The molecule has 1 N–H and O–H groups in total. The third kappa shape index (κ3) is 1.54. The van der Waals surface area contributed by atoms with E-state index < -0.39 is 0 Å². The van der Waals surface area contributed by atoms with Gasteiger partial charge in [-0.2, -0.15) is 0 Å². The first-order valence-corrected chi connectivity index (χ1v) is 8.33. The Kier molecular flexibility index (Phi) is 2.33. The van der Waals surface area contributed by atoms with Gasteiger partial charge < -0.3 is 10.1 Å². The lowest BCUT2D eigenvalue weighted by Gasteiger charge is -2.18. The lowest BCUT2D eigenvalue weighted by atomic mass is 10.0. The summed E-state index contributed by atoms with van der Waals surface area (Å²) in [6.45, 7) is 3.18. The van der Waals surface area contributed by atoms with Crippen molar-refractivity contribution in [1.82, 2.24) is 5.32 Å². The quantitative estimate of drug-likeness (QED) is 0.909. The van der Waals surface area contributed by atoms with E-state index in [9.17, 15) is 0 Å². The molecule has 2 bridgehead atoms. The van der Waals surface area contributed by atoms with Crippen LogP contribution >= 0.6 is 0 Å². The fraction of sp³-hybridized carbons (Fsp3) is 0.667. The summed E-state index contributed by atoms with van der Waals surface area (Å²) < 4.78 is 5.60. The van der Waals surface area contributed by atoms with Crippen molar-refractivity contribution < 1.29 is 4.74 Å². The monoisotopic (exact) mass is 269 g/mol. The summed E-state index contributed by atoms with van der Waals surface area (Å²) in [4.78, 5) is 0. The highest BCUT2D eigenvalue weighted by atomic mass is 16.5. The second-order valence-electron chi connectivity index (χ2n) is 7.37. The maximum absolute atomic E-state index is 5.60. The van der Waals surface area contributed by atoms with Crippen molar-refractivity contribution in [2.45, 2.75) is 44.7 Å². The standard InChI is InChI=1S/C18H23NO/c1-10(11-4-5-15-12(8-11)6-7-20-15)19-18-16-13-2-3-14(9-13)17(16)18/h4-5,8,10,13-14,16-19H,2-3,6-7,9H2,1H3. The Morgan fingerprint density at radius 3 is 2.80 bits per heavy atom. The van der Waals surface area contributed by atoms with Gasteiger partial charge >= 0.3 is 0 Å². The molecule has 0 radical (unpaired) electrons. The molecule has 1 aliphatic heterocycles. The highest BCUT2D eigenvalue weighted by Gasteiger charge is 2.64. The van der Waals surface area contributed by atoms with Gasteiger partial charge in [0.1, 0.15) is 5.75 Å². The maximum atomic E-state index is 5.60. The van der Waals surface area contributed by atoms with Gasteiger partial charge in [0.2, 0.25) is 0 Å². The molecule has 106 valence electrons. The second-order valence-corrected chi connectivity index (χ2v) is 7.37. The molecule has 0 saturated heterocycles. The van der Waals surface area contributed by atoms with Crippen LogP contribution in [0.15, 0.2) is 18.2 Å². The van der Waals surface area contributed by atoms with Crippen molar-refractivity contribution in [2.24, 2.45) is 23.7 Å². The molecule has 3 aliphatic carbocycles. The normalized spacial score (nSPS) is 41.1. The Morgan fingerprint density at radius 1 is 1.20 bits per heavy atom. The summed E-state index contributed by atoms with van der Waals surface area (Å²) in [7, 11) is 0. The van der Waals surface area contributed by atoms with Crippen LogP contribution in [0.25, 0.3) is 0 Å². The summed E-state index contributed by atoms with van der Waals surface area (Å²) in [6.07, 6.45) is 5.63. The van der Waals surface area contributed by atoms with Crippen LogP contribution in [0.5, 0.6) is 5.75 Å². The zero-order chi connectivity index (χ0) is 13.3. The number of nitrogens with one attached hydrogen (secondary N) is 1. The van der Waals surface area contributed by atoms with Crippen molar-refractivity contribution in [3.05, 3.63) is 29.3 Å².